The fourth-order valence-electron chi connectivity index (χ4n) is 1.74. The maximum atomic E-state index is 5.43. The van der Waals surface area contributed by atoms with Gasteiger partial charge in [0, 0.05) is 12.2 Å². The van der Waals surface area contributed by atoms with Crippen LogP contribution in [0, 0.1) is 0 Å². The molecule has 0 heterocycles. The molecule has 0 aromatic heterocycles. The van der Waals surface area contributed by atoms with E-state index >= 15 is 0 Å². The average Bonchev–Trinajstić information content (AvgIpc) is 2.39. The van der Waals surface area contributed by atoms with Crippen molar-refractivity contribution in [3.63, 3.8) is 0 Å². The summed E-state index contributed by atoms with van der Waals surface area (Å²) in [6.07, 6.45) is 7.14. The van der Waals surface area contributed by atoms with Gasteiger partial charge in [0.05, 0.1) is 0 Å². The minimum absolute atomic E-state index is 0.965. The van der Waals surface area contributed by atoms with E-state index in [9.17, 15) is 0 Å². The van der Waals surface area contributed by atoms with Crippen molar-refractivity contribution in [3.8, 4) is 0 Å². The van der Waals surface area contributed by atoms with E-state index in [2.05, 4.69) is 36.1 Å². The van der Waals surface area contributed by atoms with Crippen LogP contribution in [0.5, 0.6) is 0 Å². The number of thioether (sulfide) groups is 1. The highest BCUT2D eigenvalue weighted by molar-refractivity contribution is 8.22. The molecule has 0 N–H and O–H groups in total. The Kier molecular flexibility index (Phi) is 7.29. The van der Waals surface area contributed by atoms with Crippen LogP contribution in [-0.2, 0) is 0 Å². The summed E-state index contributed by atoms with van der Waals surface area (Å²) in [7, 11) is 0. The van der Waals surface area contributed by atoms with Crippen LogP contribution >= 0.6 is 24.0 Å². The van der Waals surface area contributed by atoms with E-state index in [1.165, 1.54) is 31.4 Å². The number of rotatable bonds is 6. The van der Waals surface area contributed by atoms with Crippen molar-refractivity contribution in [1.82, 2.24) is 0 Å². The third-order valence-corrected chi connectivity index (χ3v) is 3.99. The quantitative estimate of drug-likeness (QED) is 0.542. The first-order valence-corrected chi connectivity index (χ1v) is 7.83. The van der Waals surface area contributed by atoms with Gasteiger partial charge in [-0.25, -0.2) is 0 Å². The number of unbranched alkanes of at least 4 members (excludes halogenated alkanes) is 3. The molecule has 0 spiro atoms. The molecule has 1 nitrogen and oxygen atoms in total. The normalized spacial score (nSPS) is 10.2. The minimum Gasteiger partial charge on any atom is -0.327 e. The Hall–Kier alpha value is -0.540. The maximum Gasteiger partial charge on any atom is 0.140 e. The summed E-state index contributed by atoms with van der Waals surface area (Å²) in [5, 5.41) is 0. The Morgan fingerprint density at radius 2 is 1.88 bits per heavy atom. The molecule has 94 valence electrons. The molecule has 0 saturated heterocycles. The van der Waals surface area contributed by atoms with Crippen molar-refractivity contribution in [2.45, 2.75) is 32.6 Å². The molecular weight excluding hydrogens is 246 g/mol. The van der Waals surface area contributed by atoms with Gasteiger partial charge in [-0.15, -0.1) is 11.8 Å². The third-order valence-electron chi connectivity index (χ3n) is 2.70. The highest BCUT2D eigenvalue weighted by atomic mass is 32.2. The Balaban J connectivity index is 2.59. The van der Waals surface area contributed by atoms with Gasteiger partial charge >= 0.3 is 0 Å². The molecule has 1 rings (SSSR count). The summed E-state index contributed by atoms with van der Waals surface area (Å²) in [5.74, 6) is 0. The van der Waals surface area contributed by atoms with Gasteiger partial charge in [-0.1, -0.05) is 56.6 Å². The lowest BCUT2D eigenvalue weighted by molar-refractivity contribution is 0.673. The van der Waals surface area contributed by atoms with Crippen molar-refractivity contribution in [3.05, 3.63) is 30.3 Å². The Morgan fingerprint density at radius 3 is 2.47 bits per heavy atom. The zero-order valence-electron chi connectivity index (χ0n) is 10.7. The fraction of sp³-hybridized carbons (Fsp3) is 0.500. The van der Waals surface area contributed by atoms with E-state index in [4.69, 9.17) is 12.2 Å². The molecular formula is C14H21NS2. The van der Waals surface area contributed by atoms with Crippen molar-refractivity contribution in [2.24, 2.45) is 0 Å². The molecule has 0 unspecified atom stereocenters. The molecule has 0 fully saturated rings. The van der Waals surface area contributed by atoms with Gasteiger partial charge in [0.2, 0.25) is 0 Å². The van der Waals surface area contributed by atoms with E-state index in [0.29, 0.717) is 0 Å². The summed E-state index contributed by atoms with van der Waals surface area (Å²) in [5.41, 5.74) is 1.21. The fourth-order valence-corrected chi connectivity index (χ4v) is 2.35. The van der Waals surface area contributed by atoms with Gasteiger partial charge in [0.25, 0.3) is 0 Å². The molecule has 0 aliphatic heterocycles. The molecule has 0 aliphatic rings. The number of thiocarbonyl (C=S) groups is 1. The summed E-state index contributed by atoms with van der Waals surface area (Å²) < 4.78 is 0.965. The molecule has 0 amide bonds. The topological polar surface area (TPSA) is 3.24 Å². The highest BCUT2D eigenvalue weighted by Crippen LogP contribution is 2.19. The van der Waals surface area contributed by atoms with Gasteiger partial charge in [0.15, 0.2) is 0 Å². The lowest BCUT2D eigenvalue weighted by Gasteiger charge is -2.24. The SMILES string of the molecule is CCCCCCN(C(=S)SC)c1ccccc1. The van der Waals surface area contributed by atoms with E-state index in [0.717, 1.165) is 10.9 Å². The van der Waals surface area contributed by atoms with Crippen LogP contribution in [0.2, 0.25) is 0 Å². The van der Waals surface area contributed by atoms with Crippen molar-refractivity contribution >= 4 is 34.0 Å². The number of hydrogen-bond acceptors (Lipinski definition) is 2. The van der Waals surface area contributed by atoms with Crippen molar-refractivity contribution in [2.75, 3.05) is 17.7 Å². The predicted molar refractivity (Wildman–Crippen MR) is 84.0 cm³/mol. The number of para-hydroxylation sites is 1. The molecule has 1 aromatic rings. The monoisotopic (exact) mass is 267 g/mol. The van der Waals surface area contributed by atoms with E-state index in [1.54, 1.807) is 11.8 Å². The van der Waals surface area contributed by atoms with Crippen LogP contribution in [0.4, 0.5) is 5.69 Å². The van der Waals surface area contributed by atoms with Crippen LogP contribution in [0.1, 0.15) is 32.6 Å². The largest absolute Gasteiger partial charge is 0.327 e. The highest BCUT2D eigenvalue weighted by Gasteiger charge is 2.09. The second-order valence-electron chi connectivity index (χ2n) is 4.02. The molecule has 0 atom stereocenters. The minimum atomic E-state index is 0.965. The van der Waals surface area contributed by atoms with Crippen LogP contribution < -0.4 is 4.90 Å². The average molecular weight is 267 g/mol. The van der Waals surface area contributed by atoms with Crippen LogP contribution in [0.15, 0.2) is 30.3 Å². The Morgan fingerprint density at radius 1 is 1.18 bits per heavy atom. The first-order chi connectivity index (χ1) is 8.29. The number of anilines is 1. The first-order valence-electron chi connectivity index (χ1n) is 6.20. The molecule has 17 heavy (non-hydrogen) atoms. The molecule has 0 bridgehead atoms. The zero-order valence-corrected chi connectivity index (χ0v) is 12.3. The summed E-state index contributed by atoms with van der Waals surface area (Å²) in [6, 6.07) is 10.4. The van der Waals surface area contributed by atoms with Gasteiger partial charge in [-0.3, -0.25) is 0 Å². The molecule has 1 aromatic carbocycles. The summed E-state index contributed by atoms with van der Waals surface area (Å²) in [6.45, 7) is 3.27. The number of nitrogens with zero attached hydrogens (tertiary/aromatic N) is 1. The van der Waals surface area contributed by atoms with Gasteiger partial charge < -0.3 is 4.90 Å². The zero-order chi connectivity index (χ0) is 12.5. The second-order valence-corrected chi connectivity index (χ2v) is 5.46. The van der Waals surface area contributed by atoms with Crippen molar-refractivity contribution in [1.29, 1.82) is 0 Å². The van der Waals surface area contributed by atoms with E-state index in [-0.39, 0.29) is 0 Å². The lowest BCUT2D eigenvalue weighted by Crippen LogP contribution is -2.27. The molecule has 0 aliphatic carbocycles. The van der Waals surface area contributed by atoms with Crippen LogP contribution in [0.25, 0.3) is 0 Å². The van der Waals surface area contributed by atoms with Crippen molar-refractivity contribution < 1.29 is 0 Å². The standard InChI is InChI=1S/C14H21NS2/c1-3-4-5-9-12-15(14(16)17-2)13-10-7-6-8-11-13/h6-8,10-11H,3-5,9,12H2,1-2H3. The lowest BCUT2D eigenvalue weighted by atomic mass is 10.2. The first kappa shape index (κ1) is 14.5. The number of hydrogen-bond donors (Lipinski definition) is 0. The summed E-state index contributed by atoms with van der Waals surface area (Å²) in [4.78, 5) is 2.25. The van der Waals surface area contributed by atoms with Crippen LogP contribution in [0.3, 0.4) is 0 Å². The second kappa shape index (κ2) is 8.54. The molecule has 3 heteroatoms. The number of benzene rings is 1. The molecule has 0 saturated carbocycles. The summed E-state index contributed by atoms with van der Waals surface area (Å²) >= 11 is 7.07. The Labute approximate surface area is 115 Å². The van der Waals surface area contributed by atoms with Crippen LogP contribution in [-0.4, -0.2) is 17.1 Å². The van der Waals surface area contributed by atoms with E-state index < -0.39 is 0 Å². The predicted octanol–water partition coefficient (Wildman–Crippen LogP) is 4.72. The van der Waals surface area contributed by atoms with Gasteiger partial charge in [-0.2, -0.15) is 0 Å². The third kappa shape index (κ3) is 5.09. The van der Waals surface area contributed by atoms with E-state index in [1.807, 2.05) is 12.3 Å². The smallest absolute Gasteiger partial charge is 0.140 e. The Bertz CT molecular complexity index is 324. The maximum absolute atomic E-state index is 5.43. The van der Waals surface area contributed by atoms with Gasteiger partial charge in [0.1, 0.15) is 4.32 Å². The van der Waals surface area contributed by atoms with Gasteiger partial charge in [-0.05, 0) is 24.8 Å². The molecule has 0 radical (unpaired) electrons.